The van der Waals surface area contributed by atoms with E-state index in [0.717, 1.165) is 5.92 Å². The first-order chi connectivity index (χ1) is 9.24. The van der Waals surface area contributed by atoms with E-state index in [9.17, 15) is 5.11 Å². The van der Waals surface area contributed by atoms with Crippen molar-refractivity contribution in [2.24, 2.45) is 5.92 Å². The van der Waals surface area contributed by atoms with Crippen LogP contribution in [-0.4, -0.2) is 50.2 Å². The quantitative estimate of drug-likeness (QED) is 0.597. The zero-order valence-corrected chi connectivity index (χ0v) is 12.6. The van der Waals surface area contributed by atoms with Gasteiger partial charge >= 0.3 is 0 Å². The molecule has 19 heavy (non-hydrogen) atoms. The predicted octanol–water partition coefficient (Wildman–Crippen LogP) is 1.96. The molecule has 4 heteroatoms. The summed E-state index contributed by atoms with van der Waals surface area (Å²) in [5.41, 5.74) is 0. The Labute approximate surface area is 117 Å². The van der Waals surface area contributed by atoms with Gasteiger partial charge in [-0.25, -0.2) is 0 Å². The fourth-order valence-electron chi connectivity index (χ4n) is 2.66. The Morgan fingerprint density at radius 2 is 1.84 bits per heavy atom. The van der Waals surface area contributed by atoms with Crippen LogP contribution in [0, 0.1) is 5.92 Å². The molecular formula is C15H31NO3. The molecular weight excluding hydrogens is 242 g/mol. The Balaban J connectivity index is 2.00. The van der Waals surface area contributed by atoms with Gasteiger partial charge in [-0.2, -0.15) is 0 Å². The van der Waals surface area contributed by atoms with Gasteiger partial charge in [0.15, 0.2) is 0 Å². The van der Waals surface area contributed by atoms with Crippen LogP contribution in [0.3, 0.4) is 0 Å². The second-order valence-electron chi connectivity index (χ2n) is 5.52. The Hall–Kier alpha value is -0.160. The summed E-state index contributed by atoms with van der Waals surface area (Å²) in [6, 6.07) is 0.498. The van der Waals surface area contributed by atoms with Crippen LogP contribution < -0.4 is 5.32 Å². The van der Waals surface area contributed by atoms with E-state index >= 15 is 0 Å². The minimum atomic E-state index is -0.423. The molecule has 0 heterocycles. The molecule has 1 aliphatic carbocycles. The van der Waals surface area contributed by atoms with Gasteiger partial charge in [-0.1, -0.05) is 19.3 Å². The number of hydrogen-bond acceptors (Lipinski definition) is 4. The van der Waals surface area contributed by atoms with E-state index in [4.69, 9.17) is 9.47 Å². The summed E-state index contributed by atoms with van der Waals surface area (Å²) < 4.78 is 10.5. The summed E-state index contributed by atoms with van der Waals surface area (Å²) in [5, 5.41) is 13.3. The zero-order chi connectivity index (χ0) is 13.9. The third kappa shape index (κ3) is 7.88. The minimum absolute atomic E-state index is 0.386. The summed E-state index contributed by atoms with van der Waals surface area (Å²) in [7, 11) is 0. The van der Waals surface area contributed by atoms with E-state index in [-0.39, 0.29) is 0 Å². The van der Waals surface area contributed by atoms with Crippen molar-refractivity contribution in [3.05, 3.63) is 0 Å². The molecule has 1 fully saturated rings. The lowest BCUT2D eigenvalue weighted by Gasteiger charge is -2.29. The van der Waals surface area contributed by atoms with Crippen molar-refractivity contribution in [1.29, 1.82) is 0 Å². The average Bonchev–Trinajstić information content (AvgIpc) is 2.45. The Bertz CT molecular complexity index is 208. The molecule has 0 saturated heterocycles. The smallest absolute Gasteiger partial charge is 0.0897 e. The number of ether oxygens (including phenoxy) is 2. The van der Waals surface area contributed by atoms with Crippen molar-refractivity contribution in [3.8, 4) is 0 Å². The van der Waals surface area contributed by atoms with Gasteiger partial charge in [0.1, 0.15) is 0 Å². The standard InChI is InChI=1S/C15H31NO3/c1-3-18-9-10-19-12-15(17)11-16-13(2)14-7-5-4-6-8-14/h13-17H,3-12H2,1-2H3/t13-,15?/m1/s1. The maximum absolute atomic E-state index is 9.82. The lowest BCUT2D eigenvalue weighted by atomic mass is 9.84. The van der Waals surface area contributed by atoms with E-state index in [1.807, 2.05) is 6.92 Å². The molecule has 0 spiro atoms. The molecule has 0 aliphatic heterocycles. The third-order valence-electron chi connectivity index (χ3n) is 3.92. The number of aliphatic hydroxyl groups excluding tert-OH is 1. The lowest BCUT2D eigenvalue weighted by Crippen LogP contribution is -2.40. The van der Waals surface area contributed by atoms with Gasteiger partial charge in [-0.05, 0) is 32.6 Å². The molecule has 4 nitrogen and oxygen atoms in total. The van der Waals surface area contributed by atoms with Gasteiger partial charge in [0.2, 0.25) is 0 Å². The van der Waals surface area contributed by atoms with Crippen LogP contribution in [0.4, 0.5) is 0 Å². The molecule has 1 aliphatic rings. The van der Waals surface area contributed by atoms with Crippen LogP contribution >= 0.6 is 0 Å². The van der Waals surface area contributed by atoms with Crippen molar-refractivity contribution in [1.82, 2.24) is 5.32 Å². The summed E-state index contributed by atoms with van der Waals surface area (Å²) in [6.45, 7) is 7.08. The third-order valence-corrected chi connectivity index (χ3v) is 3.92. The monoisotopic (exact) mass is 273 g/mol. The fraction of sp³-hybridized carbons (Fsp3) is 1.00. The molecule has 114 valence electrons. The van der Waals surface area contributed by atoms with Gasteiger partial charge in [0.05, 0.1) is 25.9 Å². The van der Waals surface area contributed by atoms with Crippen LogP contribution in [0.5, 0.6) is 0 Å². The van der Waals surface area contributed by atoms with Gasteiger partial charge in [-0.15, -0.1) is 0 Å². The maximum atomic E-state index is 9.82. The lowest BCUT2D eigenvalue weighted by molar-refractivity contribution is 0.00515. The molecule has 0 aromatic heterocycles. The predicted molar refractivity (Wildman–Crippen MR) is 77.4 cm³/mol. The maximum Gasteiger partial charge on any atom is 0.0897 e. The highest BCUT2D eigenvalue weighted by atomic mass is 16.5. The van der Waals surface area contributed by atoms with E-state index in [1.54, 1.807) is 0 Å². The second-order valence-corrected chi connectivity index (χ2v) is 5.52. The van der Waals surface area contributed by atoms with Crippen molar-refractivity contribution in [2.45, 2.75) is 58.1 Å². The van der Waals surface area contributed by atoms with Gasteiger partial charge < -0.3 is 19.9 Å². The molecule has 1 saturated carbocycles. The van der Waals surface area contributed by atoms with E-state index < -0.39 is 6.10 Å². The molecule has 0 radical (unpaired) electrons. The first-order valence-corrected chi connectivity index (χ1v) is 7.81. The molecule has 0 bridgehead atoms. The van der Waals surface area contributed by atoms with Crippen LogP contribution in [0.25, 0.3) is 0 Å². The van der Waals surface area contributed by atoms with Crippen LogP contribution in [0.15, 0.2) is 0 Å². The molecule has 2 atom stereocenters. The van der Waals surface area contributed by atoms with E-state index in [1.165, 1.54) is 32.1 Å². The van der Waals surface area contributed by atoms with Crippen molar-refractivity contribution < 1.29 is 14.6 Å². The Morgan fingerprint density at radius 3 is 2.53 bits per heavy atom. The van der Waals surface area contributed by atoms with E-state index in [2.05, 4.69) is 12.2 Å². The Morgan fingerprint density at radius 1 is 1.16 bits per heavy atom. The number of aliphatic hydroxyl groups is 1. The largest absolute Gasteiger partial charge is 0.389 e. The van der Waals surface area contributed by atoms with Crippen molar-refractivity contribution >= 4 is 0 Å². The minimum Gasteiger partial charge on any atom is -0.389 e. The highest BCUT2D eigenvalue weighted by Gasteiger charge is 2.20. The van der Waals surface area contributed by atoms with Crippen LogP contribution in [0.1, 0.15) is 46.0 Å². The first-order valence-electron chi connectivity index (χ1n) is 7.81. The highest BCUT2D eigenvalue weighted by molar-refractivity contribution is 4.76. The summed E-state index contributed by atoms with van der Waals surface area (Å²) in [4.78, 5) is 0. The van der Waals surface area contributed by atoms with Gasteiger partial charge in [-0.3, -0.25) is 0 Å². The van der Waals surface area contributed by atoms with Gasteiger partial charge in [0.25, 0.3) is 0 Å². The summed E-state index contributed by atoms with van der Waals surface area (Å²) >= 11 is 0. The van der Waals surface area contributed by atoms with E-state index in [0.29, 0.717) is 39.0 Å². The molecule has 0 amide bonds. The normalized spacial score (nSPS) is 20.4. The van der Waals surface area contributed by atoms with Crippen molar-refractivity contribution in [3.63, 3.8) is 0 Å². The molecule has 1 rings (SSSR count). The number of rotatable bonds is 10. The first kappa shape index (κ1) is 16.9. The zero-order valence-electron chi connectivity index (χ0n) is 12.6. The molecule has 2 N–H and O–H groups in total. The Kier molecular flexibility index (Phi) is 9.43. The molecule has 1 unspecified atom stereocenters. The second kappa shape index (κ2) is 10.6. The fourth-order valence-corrected chi connectivity index (χ4v) is 2.66. The topological polar surface area (TPSA) is 50.7 Å². The van der Waals surface area contributed by atoms with Crippen LogP contribution in [-0.2, 0) is 9.47 Å². The SMILES string of the molecule is CCOCCOCC(O)CN[C@H](C)C1CCCCC1. The van der Waals surface area contributed by atoms with Crippen LogP contribution in [0.2, 0.25) is 0 Å². The summed E-state index contributed by atoms with van der Waals surface area (Å²) in [6.07, 6.45) is 6.34. The highest BCUT2D eigenvalue weighted by Crippen LogP contribution is 2.26. The van der Waals surface area contributed by atoms with Crippen molar-refractivity contribution in [2.75, 3.05) is 33.0 Å². The average molecular weight is 273 g/mol. The number of nitrogens with one attached hydrogen (secondary N) is 1. The molecule has 0 aromatic rings. The number of hydrogen-bond donors (Lipinski definition) is 2. The summed E-state index contributed by atoms with van der Waals surface area (Å²) in [5.74, 6) is 0.778. The molecule has 0 aromatic carbocycles. The van der Waals surface area contributed by atoms with Gasteiger partial charge in [0, 0.05) is 19.2 Å².